The molecule has 0 bridgehead atoms. The first-order valence-corrected chi connectivity index (χ1v) is 5.02. The topological polar surface area (TPSA) is 72.3 Å². The van der Waals surface area contributed by atoms with Crippen molar-refractivity contribution in [3.63, 3.8) is 0 Å². The quantitative estimate of drug-likeness (QED) is 0.810. The SMILES string of the molecule is CC(C)(O)c1ccc(-c2cc(N)on2)cc1. The summed E-state index contributed by atoms with van der Waals surface area (Å²) in [6.45, 7) is 3.49. The number of nitrogen functional groups attached to an aromatic ring is 1. The van der Waals surface area contributed by atoms with Crippen molar-refractivity contribution in [2.24, 2.45) is 0 Å². The highest BCUT2D eigenvalue weighted by Gasteiger charge is 2.15. The molecule has 0 atom stereocenters. The standard InChI is InChI=1S/C12H14N2O2/c1-12(2,15)9-5-3-8(4-6-9)10-7-11(13)16-14-10/h3-7,15H,13H2,1-2H3. The Hall–Kier alpha value is -1.81. The molecular formula is C12H14N2O2. The lowest BCUT2D eigenvalue weighted by Crippen LogP contribution is -2.14. The molecule has 84 valence electrons. The van der Waals surface area contributed by atoms with Crippen molar-refractivity contribution in [1.29, 1.82) is 0 Å². The van der Waals surface area contributed by atoms with E-state index in [0.29, 0.717) is 11.6 Å². The molecule has 4 heteroatoms. The summed E-state index contributed by atoms with van der Waals surface area (Å²) >= 11 is 0. The lowest BCUT2D eigenvalue weighted by atomic mass is 9.97. The maximum Gasteiger partial charge on any atom is 0.222 e. The van der Waals surface area contributed by atoms with E-state index in [1.54, 1.807) is 19.9 Å². The summed E-state index contributed by atoms with van der Waals surface area (Å²) < 4.78 is 4.79. The molecule has 0 spiro atoms. The van der Waals surface area contributed by atoms with Crippen LogP contribution < -0.4 is 5.73 Å². The first-order valence-electron chi connectivity index (χ1n) is 5.02. The number of hydrogen-bond donors (Lipinski definition) is 2. The van der Waals surface area contributed by atoms with Crippen LogP contribution in [0.15, 0.2) is 34.9 Å². The first-order chi connectivity index (χ1) is 7.47. The molecule has 1 heterocycles. The van der Waals surface area contributed by atoms with E-state index in [9.17, 15) is 5.11 Å². The minimum atomic E-state index is -0.832. The molecular weight excluding hydrogens is 204 g/mol. The van der Waals surface area contributed by atoms with Gasteiger partial charge in [-0.1, -0.05) is 29.4 Å². The van der Waals surface area contributed by atoms with E-state index >= 15 is 0 Å². The summed E-state index contributed by atoms with van der Waals surface area (Å²) in [7, 11) is 0. The third kappa shape index (κ3) is 2.06. The smallest absolute Gasteiger partial charge is 0.222 e. The molecule has 0 radical (unpaired) electrons. The number of nitrogens with two attached hydrogens (primary N) is 1. The molecule has 0 aliphatic heterocycles. The van der Waals surface area contributed by atoms with Crippen LogP contribution in [0.2, 0.25) is 0 Å². The predicted molar refractivity (Wildman–Crippen MR) is 61.6 cm³/mol. The highest BCUT2D eigenvalue weighted by atomic mass is 16.5. The molecule has 0 saturated carbocycles. The maximum absolute atomic E-state index is 9.80. The van der Waals surface area contributed by atoms with Crippen molar-refractivity contribution < 1.29 is 9.63 Å². The average molecular weight is 218 g/mol. The van der Waals surface area contributed by atoms with Gasteiger partial charge in [-0.2, -0.15) is 0 Å². The Morgan fingerprint density at radius 3 is 2.31 bits per heavy atom. The highest BCUT2D eigenvalue weighted by molar-refractivity contribution is 5.61. The number of benzene rings is 1. The van der Waals surface area contributed by atoms with Crippen molar-refractivity contribution >= 4 is 5.88 Å². The van der Waals surface area contributed by atoms with Gasteiger partial charge in [0.1, 0.15) is 5.69 Å². The molecule has 0 unspecified atom stereocenters. The molecule has 4 nitrogen and oxygen atoms in total. The lowest BCUT2D eigenvalue weighted by molar-refractivity contribution is 0.0786. The van der Waals surface area contributed by atoms with Gasteiger partial charge in [0, 0.05) is 11.6 Å². The minimum Gasteiger partial charge on any atom is -0.386 e. The van der Waals surface area contributed by atoms with Gasteiger partial charge < -0.3 is 15.4 Å². The van der Waals surface area contributed by atoms with E-state index in [4.69, 9.17) is 10.3 Å². The van der Waals surface area contributed by atoms with Crippen LogP contribution in [0.25, 0.3) is 11.3 Å². The van der Waals surface area contributed by atoms with Gasteiger partial charge in [-0.3, -0.25) is 0 Å². The zero-order valence-electron chi connectivity index (χ0n) is 9.27. The Balaban J connectivity index is 2.33. The van der Waals surface area contributed by atoms with Crippen LogP contribution >= 0.6 is 0 Å². The lowest BCUT2D eigenvalue weighted by Gasteiger charge is -2.17. The summed E-state index contributed by atoms with van der Waals surface area (Å²) in [5, 5.41) is 13.6. The van der Waals surface area contributed by atoms with Crippen LogP contribution in [0, 0.1) is 0 Å². The summed E-state index contributed by atoms with van der Waals surface area (Å²) in [6.07, 6.45) is 0. The van der Waals surface area contributed by atoms with Crippen molar-refractivity contribution in [3.8, 4) is 11.3 Å². The van der Waals surface area contributed by atoms with Gasteiger partial charge in [0.2, 0.25) is 5.88 Å². The molecule has 0 saturated heterocycles. The van der Waals surface area contributed by atoms with Gasteiger partial charge >= 0.3 is 0 Å². The van der Waals surface area contributed by atoms with Crippen LogP contribution in [0.3, 0.4) is 0 Å². The van der Waals surface area contributed by atoms with Gasteiger partial charge in [-0.15, -0.1) is 0 Å². The second-order valence-electron chi connectivity index (χ2n) is 4.25. The van der Waals surface area contributed by atoms with E-state index in [-0.39, 0.29) is 0 Å². The second-order valence-corrected chi connectivity index (χ2v) is 4.25. The average Bonchev–Trinajstić information content (AvgIpc) is 2.64. The summed E-state index contributed by atoms with van der Waals surface area (Å²) in [5.74, 6) is 0.293. The number of anilines is 1. The fraction of sp³-hybridized carbons (Fsp3) is 0.250. The zero-order chi connectivity index (χ0) is 11.8. The number of aromatic nitrogens is 1. The molecule has 0 amide bonds. The Morgan fingerprint density at radius 2 is 1.88 bits per heavy atom. The van der Waals surface area contributed by atoms with Crippen LogP contribution in [-0.4, -0.2) is 10.3 Å². The molecule has 1 aromatic carbocycles. The molecule has 2 rings (SSSR count). The minimum absolute atomic E-state index is 0.293. The summed E-state index contributed by atoms with van der Waals surface area (Å²) in [4.78, 5) is 0. The highest BCUT2D eigenvalue weighted by Crippen LogP contribution is 2.24. The van der Waals surface area contributed by atoms with Gasteiger partial charge in [0.05, 0.1) is 5.60 Å². The van der Waals surface area contributed by atoms with Gasteiger partial charge in [0.25, 0.3) is 0 Å². The fourth-order valence-electron chi connectivity index (χ4n) is 1.47. The van der Waals surface area contributed by atoms with Gasteiger partial charge in [-0.05, 0) is 19.4 Å². The Bertz CT molecular complexity index is 480. The normalized spacial score (nSPS) is 11.7. The molecule has 0 fully saturated rings. The molecule has 2 aromatic rings. The van der Waals surface area contributed by atoms with Crippen LogP contribution in [0.1, 0.15) is 19.4 Å². The Morgan fingerprint density at radius 1 is 1.25 bits per heavy atom. The van der Waals surface area contributed by atoms with E-state index in [2.05, 4.69) is 5.16 Å². The third-order valence-electron chi connectivity index (χ3n) is 2.42. The van der Waals surface area contributed by atoms with Crippen LogP contribution in [-0.2, 0) is 5.60 Å². The zero-order valence-corrected chi connectivity index (χ0v) is 9.27. The van der Waals surface area contributed by atoms with Gasteiger partial charge in [0.15, 0.2) is 0 Å². The molecule has 16 heavy (non-hydrogen) atoms. The molecule has 0 aliphatic carbocycles. The number of nitrogens with zero attached hydrogens (tertiary/aromatic N) is 1. The number of hydrogen-bond acceptors (Lipinski definition) is 4. The Kier molecular flexibility index (Phi) is 2.44. The van der Waals surface area contributed by atoms with Crippen molar-refractivity contribution in [2.75, 3.05) is 5.73 Å². The predicted octanol–water partition coefficient (Wildman–Crippen LogP) is 2.15. The maximum atomic E-state index is 9.80. The van der Waals surface area contributed by atoms with Crippen molar-refractivity contribution in [1.82, 2.24) is 5.16 Å². The van der Waals surface area contributed by atoms with Crippen LogP contribution in [0.4, 0.5) is 5.88 Å². The molecule has 0 aliphatic rings. The van der Waals surface area contributed by atoms with Gasteiger partial charge in [-0.25, -0.2) is 0 Å². The van der Waals surface area contributed by atoms with E-state index < -0.39 is 5.60 Å². The third-order valence-corrected chi connectivity index (χ3v) is 2.42. The first kappa shape index (κ1) is 10.7. The summed E-state index contributed by atoms with van der Waals surface area (Å²) in [5.41, 5.74) is 7.07. The van der Waals surface area contributed by atoms with E-state index in [1.807, 2.05) is 24.3 Å². The number of aliphatic hydroxyl groups is 1. The second kappa shape index (κ2) is 3.64. The van der Waals surface area contributed by atoms with Crippen molar-refractivity contribution in [3.05, 3.63) is 35.9 Å². The van der Waals surface area contributed by atoms with Crippen molar-refractivity contribution in [2.45, 2.75) is 19.4 Å². The Labute approximate surface area is 93.7 Å². The van der Waals surface area contributed by atoms with E-state index in [1.165, 1.54) is 0 Å². The number of rotatable bonds is 2. The molecule has 3 N–H and O–H groups in total. The fourth-order valence-corrected chi connectivity index (χ4v) is 1.47. The molecule has 1 aromatic heterocycles. The van der Waals surface area contributed by atoms with E-state index in [0.717, 1.165) is 11.1 Å². The monoisotopic (exact) mass is 218 g/mol. The summed E-state index contributed by atoms with van der Waals surface area (Å²) in [6, 6.07) is 9.15. The largest absolute Gasteiger partial charge is 0.386 e. The van der Waals surface area contributed by atoms with Crippen LogP contribution in [0.5, 0.6) is 0 Å².